The number of aliphatic imine (C=N–C) groups is 1. The average molecular weight is 411 g/mol. The molecular weight excluding hydrogens is 394 g/mol. The molecule has 1 unspecified atom stereocenters. The van der Waals surface area contributed by atoms with Crippen LogP contribution >= 0.6 is 0 Å². The van der Waals surface area contributed by atoms with Gasteiger partial charge in [0.25, 0.3) is 5.91 Å². The predicted molar refractivity (Wildman–Crippen MR) is 103 cm³/mol. The number of ether oxygens (including phenoxy) is 1. The number of carbonyl (C=O) groups is 4. The minimum atomic E-state index is -1.44. The largest absolute Gasteiger partial charge is 0.484 e. The third-order valence-electron chi connectivity index (χ3n) is 3.83. The lowest BCUT2D eigenvalue weighted by atomic mass is 10.0. The summed E-state index contributed by atoms with van der Waals surface area (Å²) in [7, 11) is 0. The van der Waals surface area contributed by atoms with Crippen molar-refractivity contribution in [1.29, 1.82) is 0 Å². The van der Waals surface area contributed by atoms with Gasteiger partial charge in [0.1, 0.15) is 11.8 Å². The summed E-state index contributed by atoms with van der Waals surface area (Å²) < 4.78 is 5.26. The van der Waals surface area contributed by atoms with Gasteiger partial charge >= 0.3 is 5.97 Å². The number of nitrogens with zero attached hydrogens (tertiary/aromatic N) is 1. The number of nitrogens with two attached hydrogens (primary N) is 1. The van der Waals surface area contributed by atoms with E-state index in [0.717, 1.165) is 0 Å². The number of amides is 2. The topological polar surface area (TPSA) is 165 Å². The first kappa shape index (κ1) is 22.0. The fourth-order valence-electron chi connectivity index (χ4n) is 2.40. The number of rotatable bonds is 10. The molecule has 2 amide bonds. The second-order valence-electron chi connectivity index (χ2n) is 6.02. The van der Waals surface area contributed by atoms with Gasteiger partial charge in [-0.2, -0.15) is 4.99 Å². The number of isocyanates is 1. The zero-order valence-electron chi connectivity index (χ0n) is 15.5. The van der Waals surface area contributed by atoms with Crippen molar-refractivity contribution in [2.75, 3.05) is 6.61 Å². The second kappa shape index (κ2) is 10.3. The second-order valence-corrected chi connectivity index (χ2v) is 6.02. The number of hydrogen-bond donors (Lipinski definition) is 3. The van der Waals surface area contributed by atoms with Gasteiger partial charge in [-0.1, -0.05) is 0 Å². The number of ketones is 1. The highest BCUT2D eigenvalue weighted by Crippen LogP contribution is 2.18. The quantitative estimate of drug-likeness (QED) is 0.294. The van der Waals surface area contributed by atoms with Crippen LogP contribution in [-0.2, 0) is 19.2 Å². The molecule has 1 atom stereocenters. The molecule has 10 nitrogen and oxygen atoms in total. The van der Waals surface area contributed by atoms with Gasteiger partial charge < -0.3 is 20.9 Å². The van der Waals surface area contributed by atoms with Crippen molar-refractivity contribution in [3.05, 3.63) is 59.7 Å². The number of nitrogens with one attached hydrogen (secondary N) is 1. The Morgan fingerprint density at radius 2 is 1.60 bits per heavy atom. The van der Waals surface area contributed by atoms with Gasteiger partial charge in [-0.3, -0.25) is 14.4 Å². The third kappa shape index (κ3) is 6.39. The van der Waals surface area contributed by atoms with Gasteiger partial charge in [0.15, 0.2) is 12.4 Å². The maximum absolute atomic E-state index is 12.5. The molecule has 4 N–H and O–H groups in total. The van der Waals surface area contributed by atoms with Crippen molar-refractivity contribution in [2.24, 2.45) is 10.7 Å². The third-order valence-corrected chi connectivity index (χ3v) is 3.83. The number of aliphatic carboxylic acids is 1. The van der Waals surface area contributed by atoms with E-state index in [1.165, 1.54) is 54.6 Å². The highest BCUT2D eigenvalue weighted by molar-refractivity contribution is 6.09. The summed E-state index contributed by atoms with van der Waals surface area (Å²) in [4.78, 5) is 59.8. The van der Waals surface area contributed by atoms with Crippen LogP contribution in [0.4, 0.5) is 5.69 Å². The van der Waals surface area contributed by atoms with Gasteiger partial charge in [0.05, 0.1) is 12.1 Å². The fourth-order valence-corrected chi connectivity index (χ4v) is 2.40. The van der Waals surface area contributed by atoms with Crippen LogP contribution in [0.5, 0.6) is 5.75 Å². The maximum atomic E-state index is 12.5. The molecular formula is C20H17N3O7. The molecule has 0 spiro atoms. The van der Waals surface area contributed by atoms with E-state index < -0.39 is 36.9 Å². The van der Waals surface area contributed by atoms with Crippen LogP contribution in [0.3, 0.4) is 0 Å². The van der Waals surface area contributed by atoms with Crippen LogP contribution in [0.1, 0.15) is 22.3 Å². The van der Waals surface area contributed by atoms with Gasteiger partial charge in [0.2, 0.25) is 12.0 Å². The zero-order chi connectivity index (χ0) is 22.1. The van der Waals surface area contributed by atoms with Crippen molar-refractivity contribution >= 4 is 35.3 Å². The van der Waals surface area contributed by atoms with Crippen molar-refractivity contribution in [3.8, 4) is 5.75 Å². The van der Waals surface area contributed by atoms with Gasteiger partial charge in [-0.25, -0.2) is 9.59 Å². The molecule has 154 valence electrons. The molecule has 2 aromatic carbocycles. The molecule has 0 bridgehead atoms. The summed E-state index contributed by atoms with van der Waals surface area (Å²) in [6, 6.07) is 10.6. The Hall–Kier alpha value is -4.30. The molecule has 0 aliphatic rings. The molecule has 2 aromatic rings. The summed E-state index contributed by atoms with van der Waals surface area (Å²) >= 11 is 0. The van der Waals surface area contributed by atoms with E-state index in [4.69, 9.17) is 15.6 Å². The number of carbonyl (C=O) groups excluding carboxylic acids is 4. The minimum absolute atomic E-state index is 0.267. The van der Waals surface area contributed by atoms with Crippen molar-refractivity contribution in [3.63, 3.8) is 0 Å². The summed E-state index contributed by atoms with van der Waals surface area (Å²) in [6.45, 7) is -0.492. The highest BCUT2D eigenvalue weighted by Gasteiger charge is 2.22. The van der Waals surface area contributed by atoms with E-state index in [0.29, 0.717) is 16.8 Å². The number of benzene rings is 2. The molecule has 0 saturated heterocycles. The van der Waals surface area contributed by atoms with E-state index in [2.05, 4.69) is 10.3 Å². The van der Waals surface area contributed by atoms with Crippen LogP contribution < -0.4 is 15.8 Å². The zero-order valence-corrected chi connectivity index (χ0v) is 15.5. The lowest BCUT2D eigenvalue weighted by Gasteiger charge is -2.13. The first-order chi connectivity index (χ1) is 14.3. The average Bonchev–Trinajstić information content (AvgIpc) is 2.72. The standard InChI is InChI=1S/C20H17N3O7/c21-17(25)9-16(20(28)29)23-18(26)10-30-15-7-3-13(4-8-15)19(27)12-1-5-14(6-2-12)22-11-24/h1-8,16H,9-10H2,(H2,21,25)(H,23,26)(H,28,29). The van der Waals surface area contributed by atoms with E-state index >= 15 is 0 Å². The van der Waals surface area contributed by atoms with Gasteiger partial charge in [-0.15, -0.1) is 0 Å². The van der Waals surface area contributed by atoms with Crippen LogP contribution in [0.25, 0.3) is 0 Å². The summed E-state index contributed by atoms with van der Waals surface area (Å²) in [6.07, 6.45) is 0.871. The molecule has 0 saturated carbocycles. The summed E-state index contributed by atoms with van der Waals surface area (Å²) in [5.74, 6) is -3.00. The monoisotopic (exact) mass is 411 g/mol. The molecule has 0 heterocycles. The predicted octanol–water partition coefficient (Wildman–Crippen LogP) is 0.708. The summed E-state index contributed by atoms with van der Waals surface area (Å²) in [5, 5.41) is 11.1. The number of carboxylic acids is 1. The van der Waals surface area contributed by atoms with Crippen LogP contribution in [0, 0.1) is 0 Å². The van der Waals surface area contributed by atoms with E-state index in [1.54, 1.807) is 0 Å². The molecule has 0 aliphatic carbocycles. The number of carboxylic acid groups (broad SMARTS) is 1. The molecule has 30 heavy (non-hydrogen) atoms. The van der Waals surface area contributed by atoms with Crippen LogP contribution in [0.15, 0.2) is 53.5 Å². The Kier molecular flexibility index (Phi) is 7.55. The lowest BCUT2D eigenvalue weighted by Crippen LogP contribution is -2.45. The van der Waals surface area contributed by atoms with E-state index in [1.807, 2.05) is 0 Å². The Bertz CT molecular complexity index is 994. The maximum Gasteiger partial charge on any atom is 0.326 e. The van der Waals surface area contributed by atoms with Crippen molar-refractivity contribution < 1.29 is 33.8 Å². The number of hydrogen-bond acceptors (Lipinski definition) is 7. The fraction of sp³-hybridized carbons (Fsp3) is 0.150. The molecule has 0 aliphatic heterocycles. The Morgan fingerprint density at radius 3 is 2.10 bits per heavy atom. The van der Waals surface area contributed by atoms with Gasteiger partial charge in [-0.05, 0) is 48.5 Å². The highest BCUT2D eigenvalue weighted by atomic mass is 16.5. The molecule has 0 aromatic heterocycles. The first-order valence-corrected chi connectivity index (χ1v) is 8.56. The Morgan fingerprint density at radius 1 is 1.03 bits per heavy atom. The number of primary amides is 1. The lowest BCUT2D eigenvalue weighted by molar-refractivity contribution is -0.143. The van der Waals surface area contributed by atoms with Crippen LogP contribution in [-0.4, -0.2) is 47.4 Å². The van der Waals surface area contributed by atoms with E-state index in [9.17, 15) is 24.0 Å². The van der Waals surface area contributed by atoms with Crippen molar-refractivity contribution in [1.82, 2.24) is 5.32 Å². The molecule has 10 heteroatoms. The molecule has 0 radical (unpaired) electrons. The normalized spacial score (nSPS) is 10.9. The molecule has 0 fully saturated rings. The Labute approximate surface area is 170 Å². The minimum Gasteiger partial charge on any atom is -0.484 e. The van der Waals surface area contributed by atoms with Crippen molar-refractivity contribution in [2.45, 2.75) is 12.5 Å². The summed E-state index contributed by atoms with van der Waals surface area (Å²) in [5.41, 5.74) is 6.08. The molecule has 2 rings (SSSR count). The SMILES string of the molecule is NC(=O)CC(NC(=O)COc1ccc(C(=O)c2ccc(N=C=O)cc2)cc1)C(=O)O. The van der Waals surface area contributed by atoms with E-state index in [-0.39, 0.29) is 11.5 Å². The smallest absolute Gasteiger partial charge is 0.326 e. The van der Waals surface area contributed by atoms with Gasteiger partial charge in [0, 0.05) is 11.1 Å². The van der Waals surface area contributed by atoms with Crippen LogP contribution in [0.2, 0.25) is 0 Å². The first-order valence-electron chi connectivity index (χ1n) is 8.56. The Balaban J connectivity index is 1.94.